The van der Waals surface area contributed by atoms with Crippen LogP contribution in [0.4, 0.5) is 0 Å². The maximum absolute atomic E-state index is 13.1. The van der Waals surface area contributed by atoms with Gasteiger partial charge in [-0.3, -0.25) is 4.79 Å². The molecular formula is C22H25N5O2. The lowest BCUT2D eigenvalue weighted by Gasteiger charge is -2.43. The summed E-state index contributed by atoms with van der Waals surface area (Å²) in [5, 5.41) is 9.78. The van der Waals surface area contributed by atoms with Crippen molar-refractivity contribution in [2.45, 2.75) is 50.7 Å². The van der Waals surface area contributed by atoms with E-state index in [1.807, 2.05) is 9.47 Å². The van der Waals surface area contributed by atoms with E-state index in [-0.39, 0.29) is 11.5 Å². The fourth-order valence-corrected chi connectivity index (χ4v) is 5.34. The molecule has 29 heavy (non-hydrogen) atoms. The van der Waals surface area contributed by atoms with E-state index in [1.54, 1.807) is 0 Å². The molecule has 3 aromatic rings. The van der Waals surface area contributed by atoms with Crippen LogP contribution in [0.3, 0.4) is 0 Å². The smallest absolute Gasteiger partial charge is 0.291 e. The van der Waals surface area contributed by atoms with E-state index >= 15 is 0 Å². The van der Waals surface area contributed by atoms with Crippen LogP contribution in [-0.2, 0) is 29.7 Å². The van der Waals surface area contributed by atoms with E-state index in [2.05, 4.69) is 39.4 Å². The number of aryl methyl sites for hydroxylation is 1. The Bertz CT molecular complexity index is 1090. The van der Waals surface area contributed by atoms with Gasteiger partial charge in [-0.1, -0.05) is 18.2 Å². The summed E-state index contributed by atoms with van der Waals surface area (Å²) in [7, 11) is 0. The van der Waals surface area contributed by atoms with Crippen molar-refractivity contribution in [3.63, 3.8) is 0 Å². The van der Waals surface area contributed by atoms with Gasteiger partial charge in [0.2, 0.25) is 5.82 Å². The standard InChI is InChI=1S/C22H25N5O2/c28-21(20-25-24-18-7-3-4-11-27(18)20)26-12-9-22(10-13-26)19-16(8-14-29-22)15-5-1-2-6-17(15)23-19/h1-2,5-6,23H,3-4,7-14H2. The summed E-state index contributed by atoms with van der Waals surface area (Å²) in [6.07, 6.45) is 5.68. The zero-order valence-electron chi connectivity index (χ0n) is 16.5. The Hall–Kier alpha value is -2.67. The van der Waals surface area contributed by atoms with E-state index in [4.69, 9.17) is 4.74 Å². The van der Waals surface area contributed by atoms with Gasteiger partial charge in [0.15, 0.2) is 0 Å². The van der Waals surface area contributed by atoms with Crippen LogP contribution in [0.5, 0.6) is 0 Å². The largest absolute Gasteiger partial charge is 0.368 e. The van der Waals surface area contributed by atoms with E-state index in [1.165, 1.54) is 22.2 Å². The normalized spacial score (nSPS) is 20.6. The third-order valence-electron chi connectivity index (χ3n) is 6.91. The molecule has 2 aromatic heterocycles. The second-order valence-corrected chi connectivity index (χ2v) is 8.46. The van der Waals surface area contributed by atoms with Gasteiger partial charge in [0.1, 0.15) is 11.4 Å². The minimum Gasteiger partial charge on any atom is -0.368 e. The van der Waals surface area contributed by atoms with Crippen molar-refractivity contribution in [1.29, 1.82) is 0 Å². The van der Waals surface area contributed by atoms with Crippen molar-refractivity contribution in [2.24, 2.45) is 0 Å². The number of likely N-dealkylation sites (tertiary alicyclic amines) is 1. The minimum atomic E-state index is -0.312. The number of hydrogen-bond donors (Lipinski definition) is 1. The molecule has 150 valence electrons. The second kappa shape index (κ2) is 6.42. The lowest BCUT2D eigenvalue weighted by Crippen LogP contribution is -2.49. The number of carbonyl (C=O) groups excluding carboxylic acids is 1. The van der Waals surface area contributed by atoms with Gasteiger partial charge in [-0.15, -0.1) is 10.2 Å². The highest BCUT2D eigenvalue weighted by molar-refractivity contribution is 5.91. The molecule has 7 heteroatoms. The Labute approximate surface area is 169 Å². The second-order valence-electron chi connectivity index (χ2n) is 8.46. The number of carbonyl (C=O) groups is 1. The molecule has 0 radical (unpaired) electrons. The van der Waals surface area contributed by atoms with Crippen molar-refractivity contribution in [3.05, 3.63) is 47.2 Å². The molecule has 0 unspecified atom stereocenters. The number of H-pyrrole nitrogens is 1. The highest BCUT2D eigenvalue weighted by Gasteiger charge is 2.44. The van der Waals surface area contributed by atoms with Gasteiger partial charge in [0.25, 0.3) is 5.91 Å². The Morgan fingerprint density at radius 1 is 1.07 bits per heavy atom. The minimum absolute atomic E-state index is 0.00757. The number of aromatic nitrogens is 4. The van der Waals surface area contributed by atoms with Crippen LogP contribution in [0.1, 0.15) is 53.4 Å². The van der Waals surface area contributed by atoms with Gasteiger partial charge in [0, 0.05) is 37.0 Å². The number of aromatic amines is 1. The number of fused-ring (bicyclic) bond motifs is 5. The third-order valence-corrected chi connectivity index (χ3v) is 6.91. The zero-order chi connectivity index (χ0) is 19.4. The molecule has 1 amide bonds. The number of piperidine rings is 1. The molecule has 1 N–H and O–H groups in total. The van der Waals surface area contributed by atoms with Crippen molar-refractivity contribution in [2.75, 3.05) is 19.7 Å². The summed E-state index contributed by atoms with van der Waals surface area (Å²) in [4.78, 5) is 18.7. The number of ether oxygens (including phenoxy) is 1. The lowest BCUT2D eigenvalue weighted by atomic mass is 9.83. The van der Waals surface area contributed by atoms with Crippen LogP contribution in [0.15, 0.2) is 24.3 Å². The molecule has 0 atom stereocenters. The number of nitrogens with one attached hydrogen (secondary N) is 1. The fraction of sp³-hybridized carbons (Fsp3) is 0.500. The summed E-state index contributed by atoms with van der Waals surface area (Å²) >= 11 is 0. The Morgan fingerprint density at radius 2 is 1.93 bits per heavy atom. The van der Waals surface area contributed by atoms with Gasteiger partial charge >= 0.3 is 0 Å². The average Bonchev–Trinajstić information content (AvgIpc) is 3.37. The molecule has 1 aromatic carbocycles. The predicted molar refractivity (Wildman–Crippen MR) is 108 cm³/mol. The molecule has 1 fully saturated rings. The van der Waals surface area contributed by atoms with Crippen molar-refractivity contribution in [1.82, 2.24) is 24.6 Å². The molecule has 0 bridgehead atoms. The third kappa shape index (κ3) is 2.56. The van der Waals surface area contributed by atoms with Gasteiger partial charge < -0.3 is 19.2 Å². The first kappa shape index (κ1) is 17.2. The zero-order valence-corrected chi connectivity index (χ0v) is 16.5. The molecule has 6 rings (SSSR count). The van der Waals surface area contributed by atoms with Gasteiger partial charge in [-0.2, -0.15) is 0 Å². The monoisotopic (exact) mass is 391 g/mol. The average molecular weight is 391 g/mol. The molecule has 1 saturated heterocycles. The van der Waals surface area contributed by atoms with Crippen molar-refractivity contribution >= 4 is 16.8 Å². The van der Waals surface area contributed by atoms with Crippen LogP contribution in [-0.4, -0.2) is 50.3 Å². The molecule has 5 heterocycles. The fourth-order valence-electron chi connectivity index (χ4n) is 5.34. The van der Waals surface area contributed by atoms with E-state index in [0.717, 1.165) is 57.5 Å². The van der Waals surface area contributed by atoms with Gasteiger partial charge in [-0.05, 0) is 43.7 Å². The van der Waals surface area contributed by atoms with Gasteiger partial charge in [-0.25, -0.2) is 0 Å². The number of nitrogens with zero attached hydrogens (tertiary/aromatic N) is 4. The summed E-state index contributed by atoms with van der Waals surface area (Å²) in [6, 6.07) is 8.49. The molecule has 0 saturated carbocycles. The SMILES string of the molecule is O=C(c1nnc2n1CCCC2)N1CCC2(CC1)OCCc1c2[nH]c2ccccc12. The summed E-state index contributed by atoms with van der Waals surface area (Å²) < 4.78 is 8.39. The van der Waals surface area contributed by atoms with Crippen LogP contribution >= 0.6 is 0 Å². The van der Waals surface area contributed by atoms with E-state index < -0.39 is 0 Å². The van der Waals surface area contributed by atoms with Gasteiger partial charge in [0.05, 0.1) is 12.3 Å². The first-order valence-electron chi connectivity index (χ1n) is 10.7. The Morgan fingerprint density at radius 3 is 2.83 bits per heavy atom. The van der Waals surface area contributed by atoms with Crippen LogP contribution < -0.4 is 0 Å². The number of para-hydroxylation sites is 1. The Kier molecular flexibility index (Phi) is 3.81. The first-order valence-corrected chi connectivity index (χ1v) is 10.7. The highest BCUT2D eigenvalue weighted by atomic mass is 16.5. The number of hydrogen-bond acceptors (Lipinski definition) is 4. The number of amides is 1. The van der Waals surface area contributed by atoms with Crippen LogP contribution in [0, 0.1) is 0 Å². The van der Waals surface area contributed by atoms with Crippen molar-refractivity contribution < 1.29 is 9.53 Å². The van der Waals surface area contributed by atoms with Crippen LogP contribution in [0.2, 0.25) is 0 Å². The molecule has 0 aliphatic carbocycles. The predicted octanol–water partition coefficient (Wildman–Crippen LogP) is 2.80. The lowest BCUT2D eigenvalue weighted by molar-refractivity contribution is -0.0958. The Balaban J connectivity index is 1.26. The van der Waals surface area contributed by atoms with Crippen LogP contribution in [0.25, 0.3) is 10.9 Å². The molecule has 1 spiro atoms. The summed E-state index contributed by atoms with van der Waals surface area (Å²) in [5.74, 6) is 1.46. The number of benzene rings is 1. The van der Waals surface area contributed by atoms with Crippen molar-refractivity contribution in [3.8, 4) is 0 Å². The highest BCUT2D eigenvalue weighted by Crippen LogP contribution is 2.43. The molecule has 7 nitrogen and oxygen atoms in total. The first-order chi connectivity index (χ1) is 14.3. The summed E-state index contributed by atoms with van der Waals surface area (Å²) in [6.45, 7) is 2.94. The maximum atomic E-state index is 13.1. The number of rotatable bonds is 1. The topological polar surface area (TPSA) is 76.0 Å². The summed E-state index contributed by atoms with van der Waals surface area (Å²) in [5.41, 5.74) is 3.47. The molecule has 3 aliphatic heterocycles. The van der Waals surface area contributed by atoms with E-state index in [9.17, 15) is 4.79 Å². The molecular weight excluding hydrogens is 366 g/mol. The molecule has 3 aliphatic rings. The maximum Gasteiger partial charge on any atom is 0.291 e. The quantitative estimate of drug-likeness (QED) is 0.692. The van der Waals surface area contributed by atoms with E-state index in [0.29, 0.717) is 18.9 Å².